The van der Waals surface area contributed by atoms with E-state index < -0.39 is 0 Å². The number of fused-ring (bicyclic) bond motifs is 1. The molecule has 132 valence electrons. The Labute approximate surface area is 147 Å². The minimum absolute atomic E-state index is 0.0242. The zero-order valence-corrected chi connectivity index (χ0v) is 14.2. The molecule has 1 aliphatic rings. The predicted molar refractivity (Wildman–Crippen MR) is 95.4 cm³/mol. The molecule has 25 heavy (non-hydrogen) atoms. The molecule has 6 nitrogen and oxygen atoms in total. The molecule has 2 N–H and O–H groups in total. The highest BCUT2D eigenvalue weighted by molar-refractivity contribution is 5.76. The van der Waals surface area contributed by atoms with Crippen LogP contribution >= 0.6 is 0 Å². The van der Waals surface area contributed by atoms with Crippen molar-refractivity contribution in [2.75, 3.05) is 32.3 Å². The molecule has 1 heterocycles. The molecular weight excluding hydrogens is 320 g/mol. The number of carbonyl (C=O) groups excluding carboxylic acids is 1. The summed E-state index contributed by atoms with van der Waals surface area (Å²) in [7, 11) is 1.65. The number of rotatable bonds is 8. The fourth-order valence-electron chi connectivity index (χ4n) is 2.59. The summed E-state index contributed by atoms with van der Waals surface area (Å²) >= 11 is 0. The summed E-state index contributed by atoms with van der Waals surface area (Å²) in [6, 6.07) is 13.5. The van der Waals surface area contributed by atoms with Crippen LogP contribution in [0.15, 0.2) is 42.5 Å². The number of benzene rings is 2. The molecule has 0 radical (unpaired) electrons. The maximum Gasteiger partial charge on any atom is 0.231 e. The van der Waals surface area contributed by atoms with Crippen molar-refractivity contribution in [1.29, 1.82) is 0 Å². The molecule has 0 fully saturated rings. The first-order valence-corrected chi connectivity index (χ1v) is 8.28. The van der Waals surface area contributed by atoms with Gasteiger partial charge in [-0.05, 0) is 36.2 Å². The van der Waals surface area contributed by atoms with Gasteiger partial charge in [0.05, 0.1) is 7.11 Å². The topological polar surface area (TPSA) is 68.8 Å². The zero-order valence-electron chi connectivity index (χ0n) is 14.2. The van der Waals surface area contributed by atoms with Gasteiger partial charge in [-0.3, -0.25) is 4.79 Å². The number of methoxy groups -OCH3 is 1. The maximum absolute atomic E-state index is 11.9. The SMILES string of the molecule is COc1cccc(CCNC(=O)CCNc2ccc3c(c2)OCO3)c1. The highest BCUT2D eigenvalue weighted by Gasteiger charge is 2.13. The summed E-state index contributed by atoms with van der Waals surface area (Å²) < 4.78 is 15.8. The van der Waals surface area contributed by atoms with Gasteiger partial charge in [-0.15, -0.1) is 0 Å². The van der Waals surface area contributed by atoms with Crippen molar-refractivity contribution in [3.05, 3.63) is 48.0 Å². The van der Waals surface area contributed by atoms with E-state index in [0.29, 0.717) is 19.5 Å². The molecule has 0 bridgehead atoms. The van der Waals surface area contributed by atoms with Gasteiger partial charge in [0.15, 0.2) is 11.5 Å². The summed E-state index contributed by atoms with van der Waals surface area (Å²) in [5.74, 6) is 2.33. The average molecular weight is 342 g/mol. The van der Waals surface area contributed by atoms with E-state index in [9.17, 15) is 4.79 Å². The van der Waals surface area contributed by atoms with E-state index >= 15 is 0 Å². The molecule has 0 unspecified atom stereocenters. The van der Waals surface area contributed by atoms with Crippen molar-refractivity contribution < 1.29 is 19.0 Å². The van der Waals surface area contributed by atoms with Crippen LogP contribution in [0.25, 0.3) is 0 Å². The van der Waals surface area contributed by atoms with Gasteiger partial charge in [0, 0.05) is 31.3 Å². The third-order valence-corrected chi connectivity index (χ3v) is 3.92. The number of hydrogen-bond acceptors (Lipinski definition) is 5. The number of amides is 1. The summed E-state index contributed by atoms with van der Waals surface area (Å²) in [6.45, 7) is 1.43. The molecule has 2 aromatic carbocycles. The third-order valence-electron chi connectivity index (χ3n) is 3.92. The van der Waals surface area contributed by atoms with Gasteiger partial charge in [-0.1, -0.05) is 12.1 Å². The highest BCUT2D eigenvalue weighted by Crippen LogP contribution is 2.34. The summed E-state index contributed by atoms with van der Waals surface area (Å²) in [5, 5.41) is 6.15. The van der Waals surface area contributed by atoms with Gasteiger partial charge in [0.1, 0.15) is 5.75 Å². The second-order valence-electron chi connectivity index (χ2n) is 5.70. The number of carbonyl (C=O) groups is 1. The first-order chi connectivity index (χ1) is 12.2. The van der Waals surface area contributed by atoms with Gasteiger partial charge >= 0.3 is 0 Å². The van der Waals surface area contributed by atoms with Crippen molar-refractivity contribution in [3.63, 3.8) is 0 Å². The van der Waals surface area contributed by atoms with Crippen LogP contribution in [0, 0.1) is 0 Å². The van der Waals surface area contributed by atoms with Crippen LogP contribution in [0.3, 0.4) is 0 Å². The second kappa shape index (κ2) is 8.28. The fourth-order valence-corrected chi connectivity index (χ4v) is 2.59. The van der Waals surface area contributed by atoms with Crippen LogP contribution in [-0.4, -0.2) is 32.9 Å². The first kappa shape index (κ1) is 17.0. The van der Waals surface area contributed by atoms with Crippen LogP contribution in [0.1, 0.15) is 12.0 Å². The van der Waals surface area contributed by atoms with E-state index in [-0.39, 0.29) is 12.7 Å². The first-order valence-electron chi connectivity index (χ1n) is 8.28. The summed E-state index contributed by atoms with van der Waals surface area (Å²) in [5.41, 5.74) is 2.05. The molecule has 0 atom stereocenters. The van der Waals surface area contributed by atoms with Gasteiger partial charge in [0.2, 0.25) is 12.7 Å². The lowest BCUT2D eigenvalue weighted by atomic mass is 10.1. The Morgan fingerprint density at radius 3 is 2.88 bits per heavy atom. The van der Waals surface area contributed by atoms with Crippen LogP contribution in [0.5, 0.6) is 17.2 Å². The predicted octanol–water partition coefficient (Wildman–Crippen LogP) is 2.58. The average Bonchev–Trinajstić information content (AvgIpc) is 3.10. The largest absolute Gasteiger partial charge is 0.497 e. The van der Waals surface area contributed by atoms with Crippen molar-refractivity contribution in [3.8, 4) is 17.2 Å². The van der Waals surface area contributed by atoms with Crippen molar-refractivity contribution in [2.24, 2.45) is 0 Å². The molecule has 0 aliphatic carbocycles. The number of nitrogens with one attached hydrogen (secondary N) is 2. The molecule has 1 aliphatic heterocycles. The van der Waals surface area contributed by atoms with Crippen molar-refractivity contribution in [1.82, 2.24) is 5.32 Å². The lowest BCUT2D eigenvalue weighted by Gasteiger charge is -2.09. The van der Waals surface area contributed by atoms with Gasteiger partial charge in [0.25, 0.3) is 0 Å². The Morgan fingerprint density at radius 1 is 1.12 bits per heavy atom. The Morgan fingerprint density at radius 2 is 2.00 bits per heavy atom. The molecule has 0 saturated carbocycles. The van der Waals surface area contributed by atoms with Crippen molar-refractivity contribution in [2.45, 2.75) is 12.8 Å². The fraction of sp³-hybridized carbons (Fsp3) is 0.316. The second-order valence-corrected chi connectivity index (χ2v) is 5.70. The molecule has 0 saturated heterocycles. The number of anilines is 1. The van der Waals surface area contributed by atoms with E-state index in [1.807, 2.05) is 42.5 Å². The zero-order chi connectivity index (χ0) is 17.5. The van der Waals surface area contributed by atoms with E-state index in [2.05, 4.69) is 10.6 Å². The van der Waals surface area contributed by atoms with Crippen molar-refractivity contribution >= 4 is 11.6 Å². The lowest BCUT2D eigenvalue weighted by Crippen LogP contribution is -2.27. The van der Waals surface area contributed by atoms with E-state index in [1.165, 1.54) is 0 Å². The molecule has 3 rings (SSSR count). The van der Waals surface area contributed by atoms with E-state index in [0.717, 1.165) is 34.9 Å². The molecular formula is C19H22N2O4. The number of hydrogen-bond donors (Lipinski definition) is 2. The summed E-state index contributed by atoms with van der Waals surface area (Å²) in [4.78, 5) is 11.9. The van der Waals surface area contributed by atoms with Gasteiger partial charge < -0.3 is 24.8 Å². The smallest absolute Gasteiger partial charge is 0.231 e. The van der Waals surface area contributed by atoms with E-state index in [1.54, 1.807) is 7.11 Å². The molecule has 2 aromatic rings. The Hall–Kier alpha value is -2.89. The minimum atomic E-state index is 0.0242. The maximum atomic E-state index is 11.9. The molecule has 0 aromatic heterocycles. The van der Waals surface area contributed by atoms with Crippen LogP contribution in [0.4, 0.5) is 5.69 Å². The van der Waals surface area contributed by atoms with Gasteiger partial charge in [-0.2, -0.15) is 0 Å². The minimum Gasteiger partial charge on any atom is -0.497 e. The lowest BCUT2D eigenvalue weighted by molar-refractivity contribution is -0.120. The number of ether oxygens (including phenoxy) is 3. The Kier molecular flexibility index (Phi) is 5.61. The van der Waals surface area contributed by atoms with Crippen LogP contribution in [-0.2, 0) is 11.2 Å². The quantitative estimate of drug-likeness (QED) is 0.772. The monoisotopic (exact) mass is 342 g/mol. The summed E-state index contributed by atoms with van der Waals surface area (Å²) in [6.07, 6.45) is 1.19. The Balaban J connectivity index is 1.35. The normalized spacial score (nSPS) is 11.9. The third kappa shape index (κ3) is 4.79. The standard InChI is InChI=1S/C19H22N2O4/c1-23-16-4-2-3-14(11-16)7-9-21-19(22)8-10-20-15-5-6-17-18(12-15)25-13-24-17/h2-6,11-12,20H,7-10,13H2,1H3,(H,21,22). The van der Waals surface area contributed by atoms with Crippen LogP contribution in [0.2, 0.25) is 0 Å². The van der Waals surface area contributed by atoms with E-state index in [4.69, 9.17) is 14.2 Å². The highest BCUT2D eigenvalue weighted by atomic mass is 16.7. The molecule has 6 heteroatoms. The Bertz CT molecular complexity index is 733. The van der Waals surface area contributed by atoms with Crippen LogP contribution < -0.4 is 24.8 Å². The van der Waals surface area contributed by atoms with Gasteiger partial charge in [-0.25, -0.2) is 0 Å². The molecule has 1 amide bonds. The molecule has 0 spiro atoms.